The first-order valence-corrected chi connectivity index (χ1v) is 6.95. The molecule has 0 aliphatic heterocycles. The van der Waals surface area contributed by atoms with Crippen molar-refractivity contribution >= 4 is 23.2 Å². The molecule has 0 heterocycles. The number of hydrogen-bond acceptors (Lipinski definition) is 3. The number of nitrogen functional groups attached to an aromatic ring is 1. The molecule has 0 aromatic heterocycles. The third kappa shape index (κ3) is 4.68. The van der Waals surface area contributed by atoms with Crippen molar-refractivity contribution in [3.8, 4) is 5.75 Å². The minimum atomic E-state index is -0.186. The molecule has 5 heteroatoms. The fourth-order valence-corrected chi connectivity index (χ4v) is 1.96. The Morgan fingerprint density at radius 3 is 2.43 bits per heavy atom. The minimum absolute atomic E-state index is 0.0407. The second-order valence-corrected chi connectivity index (χ2v) is 5.13. The molecule has 2 rings (SSSR count). The van der Waals surface area contributed by atoms with Crippen molar-refractivity contribution in [2.75, 3.05) is 12.3 Å². The van der Waals surface area contributed by atoms with Crippen molar-refractivity contribution in [2.24, 2.45) is 0 Å². The maximum absolute atomic E-state index is 11.8. The Morgan fingerprint density at radius 2 is 1.81 bits per heavy atom. The molecule has 1 amide bonds. The van der Waals surface area contributed by atoms with Gasteiger partial charge in [-0.15, -0.1) is 0 Å². The van der Waals surface area contributed by atoms with E-state index in [4.69, 9.17) is 22.1 Å². The van der Waals surface area contributed by atoms with E-state index >= 15 is 0 Å². The lowest BCUT2D eigenvalue weighted by atomic mass is 10.1. The topological polar surface area (TPSA) is 64.3 Å². The van der Waals surface area contributed by atoms with Gasteiger partial charge in [0.15, 0.2) is 6.61 Å². The van der Waals surface area contributed by atoms with Crippen LogP contribution < -0.4 is 15.8 Å². The average molecular weight is 305 g/mol. The van der Waals surface area contributed by atoms with Crippen LogP contribution in [-0.2, 0) is 4.79 Å². The molecule has 1 unspecified atom stereocenters. The van der Waals surface area contributed by atoms with Crippen LogP contribution in [0.1, 0.15) is 18.5 Å². The number of carbonyl (C=O) groups is 1. The molecule has 3 N–H and O–H groups in total. The zero-order chi connectivity index (χ0) is 15.2. The second-order valence-electron chi connectivity index (χ2n) is 4.70. The zero-order valence-corrected chi connectivity index (χ0v) is 12.4. The number of carbonyl (C=O) groups excluding carboxylic acids is 1. The summed E-state index contributed by atoms with van der Waals surface area (Å²) in [5, 5.41) is 3.49. The van der Waals surface area contributed by atoms with Gasteiger partial charge in [0.1, 0.15) is 5.75 Å². The van der Waals surface area contributed by atoms with Crippen LogP contribution in [0.2, 0.25) is 5.02 Å². The van der Waals surface area contributed by atoms with Crippen molar-refractivity contribution < 1.29 is 9.53 Å². The van der Waals surface area contributed by atoms with Gasteiger partial charge in [-0.2, -0.15) is 0 Å². The quantitative estimate of drug-likeness (QED) is 0.834. The van der Waals surface area contributed by atoms with E-state index in [1.54, 1.807) is 24.3 Å². The molecule has 21 heavy (non-hydrogen) atoms. The number of rotatable bonds is 5. The van der Waals surface area contributed by atoms with E-state index in [1.165, 1.54) is 0 Å². The maximum Gasteiger partial charge on any atom is 0.258 e. The summed E-state index contributed by atoms with van der Waals surface area (Å²) in [7, 11) is 0. The highest BCUT2D eigenvalue weighted by Gasteiger charge is 2.10. The van der Waals surface area contributed by atoms with Crippen LogP contribution in [0.5, 0.6) is 5.75 Å². The Balaban J connectivity index is 1.83. The lowest BCUT2D eigenvalue weighted by Crippen LogP contribution is -2.31. The maximum atomic E-state index is 11.8. The van der Waals surface area contributed by atoms with Gasteiger partial charge in [-0.1, -0.05) is 23.7 Å². The highest BCUT2D eigenvalue weighted by atomic mass is 35.5. The summed E-state index contributed by atoms with van der Waals surface area (Å²) in [6.07, 6.45) is 0. The third-order valence-electron chi connectivity index (χ3n) is 3.00. The third-order valence-corrected chi connectivity index (χ3v) is 3.25. The van der Waals surface area contributed by atoms with Gasteiger partial charge >= 0.3 is 0 Å². The predicted octanol–water partition coefficient (Wildman–Crippen LogP) is 3.18. The van der Waals surface area contributed by atoms with Crippen LogP contribution in [0.15, 0.2) is 48.5 Å². The Morgan fingerprint density at radius 1 is 1.19 bits per heavy atom. The Labute approximate surface area is 128 Å². The highest BCUT2D eigenvalue weighted by Crippen LogP contribution is 2.16. The van der Waals surface area contributed by atoms with Gasteiger partial charge in [0.05, 0.1) is 6.04 Å². The molecule has 110 valence electrons. The number of hydrogen-bond donors (Lipinski definition) is 2. The van der Waals surface area contributed by atoms with Gasteiger partial charge in [0, 0.05) is 10.7 Å². The van der Waals surface area contributed by atoms with Crippen LogP contribution in [0.4, 0.5) is 5.69 Å². The molecular weight excluding hydrogens is 288 g/mol. The predicted molar refractivity (Wildman–Crippen MR) is 84.4 cm³/mol. The van der Waals surface area contributed by atoms with E-state index in [-0.39, 0.29) is 18.6 Å². The van der Waals surface area contributed by atoms with Gasteiger partial charge in [0.2, 0.25) is 0 Å². The molecule has 0 spiro atoms. The highest BCUT2D eigenvalue weighted by molar-refractivity contribution is 6.30. The molecule has 0 aliphatic rings. The number of halogens is 1. The average Bonchev–Trinajstić information content (AvgIpc) is 2.47. The number of nitrogens with one attached hydrogen (secondary N) is 1. The first-order valence-electron chi connectivity index (χ1n) is 6.58. The van der Waals surface area contributed by atoms with Gasteiger partial charge in [0.25, 0.3) is 5.91 Å². The number of nitrogens with two attached hydrogens (primary N) is 1. The van der Waals surface area contributed by atoms with Gasteiger partial charge in [-0.25, -0.2) is 0 Å². The van der Waals surface area contributed by atoms with Crippen LogP contribution in [0.3, 0.4) is 0 Å². The summed E-state index contributed by atoms with van der Waals surface area (Å²) < 4.78 is 5.39. The van der Waals surface area contributed by atoms with E-state index in [1.807, 2.05) is 31.2 Å². The van der Waals surface area contributed by atoms with Gasteiger partial charge < -0.3 is 15.8 Å². The van der Waals surface area contributed by atoms with Crippen LogP contribution in [0.25, 0.3) is 0 Å². The molecule has 1 atom stereocenters. The fraction of sp³-hybridized carbons (Fsp3) is 0.188. The first kappa shape index (κ1) is 15.2. The molecule has 0 saturated carbocycles. The van der Waals surface area contributed by atoms with Crippen molar-refractivity contribution in [1.82, 2.24) is 5.32 Å². The molecule has 2 aromatic rings. The Bertz CT molecular complexity index is 597. The van der Waals surface area contributed by atoms with Crippen molar-refractivity contribution in [3.05, 3.63) is 59.1 Å². The lowest BCUT2D eigenvalue weighted by molar-refractivity contribution is -0.123. The summed E-state index contributed by atoms with van der Waals surface area (Å²) >= 11 is 5.78. The summed E-state index contributed by atoms with van der Waals surface area (Å²) in [4.78, 5) is 11.8. The second kappa shape index (κ2) is 6.99. The Hall–Kier alpha value is -2.20. The minimum Gasteiger partial charge on any atom is -0.484 e. The molecule has 0 fully saturated rings. The molecule has 0 radical (unpaired) electrons. The number of amides is 1. The van der Waals surface area contributed by atoms with Gasteiger partial charge in [-0.3, -0.25) is 4.79 Å². The Kier molecular flexibility index (Phi) is 5.06. The first-order chi connectivity index (χ1) is 10.0. The van der Waals surface area contributed by atoms with Crippen LogP contribution in [0, 0.1) is 0 Å². The largest absolute Gasteiger partial charge is 0.484 e. The molecular formula is C16H17ClN2O2. The van der Waals surface area contributed by atoms with Crippen LogP contribution >= 0.6 is 11.6 Å². The number of ether oxygens (including phenoxy) is 1. The molecule has 0 saturated heterocycles. The van der Waals surface area contributed by atoms with E-state index in [0.717, 1.165) is 5.56 Å². The molecule has 2 aromatic carbocycles. The van der Waals surface area contributed by atoms with E-state index in [0.29, 0.717) is 16.5 Å². The van der Waals surface area contributed by atoms with Crippen molar-refractivity contribution in [2.45, 2.75) is 13.0 Å². The number of benzene rings is 2. The molecule has 4 nitrogen and oxygen atoms in total. The molecule has 0 bridgehead atoms. The lowest BCUT2D eigenvalue weighted by Gasteiger charge is -2.15. The summed E-state index contributed by atoms with van der Waals surface area (Å²) in [5.74, 6) is 0.420. The number of anilines is 1. The standard InChI is InChI=1S/C16H17ClN2O2/c1-11(12-2-6-14(18)7-3-12)19-16(20)10-21-15-8-4-13(17)5-9-15/h2-9,11H,10,18H2,1H3,(H,19,20). The summed E-state index contributed by atoms with van der Waals surface area (Å²) in [6.45, 7) is 1.87. The van der Waals surface area contributed by atoms with Gasteiger partial charge in [-0.05, 0) is 48.9 Å². The zero-order valence-electron chi connectivity index (χ0n) is 11.7. The van der Waals surface area contributed by atoms with Crippen molar-refractivity contribution in [1.29, 1.82) is 0 Å². The van der Waals surface area contributed by atoms with Crippen LogP contribution in [-0.4, -0.2) is 12.5 Å². The fourth-order valence-electron chi connectivity index (χ4n) is 1.83. The van der Waals surface area contributed by atoms with E-state index in [9.17, 15) is 4.79 Å². The normalized spacial score (nSPS) is 11.7. The monoisotopic (exact) mass is 304 g/mol. The summed E-state index contributed by atoms with van der Waals surface area (Å²) in [6, 6.07) is 14.2. The molecule has 0 aliphatic carbocycles. The van der Waals surface area contributed by atoms with Crippen molar-refractivity contribution in [3.63, 3.8) is 0 Å². The van der Waals surface area contributed by atoms with E-state index in [2.05, 4.69) is 5.32 Å². The smallest absolute Gasteiger partial charge is 0.258 e. The van der Waals surface area contributed by atoms with E-state index < -0.39 is 0 Å². The SMILES string of the molecule is CC(NC(=O)COc1ccc(Cl)cc1)c1ccc(N)cc1. The summed E-state index contributed by atoms with van der Waals surface area (Å²) in [5.41, 5.74) is 7.32.